The molecule has 2 aromatic carbocycles. The molecule has 3 aliphatic rings. The summed E-state index contributed by atoms with van der Waals surface area (Å²) in [5.74, 6) is -0.203. The third kappa shape index (κ3) is 4.79. The molecule has 0 saturated carbocycles. The number of anilines is 1. The normalized spacial score (nSPS) is 25.2. The van der Waals surface area contributed by atoms with Gasteiger partial charge in [0.15, 0.2) is 11.5 Å². The van der Waals surface area contributed by atoms with Crippen LogP contribution in [-0.2, 0) is 14.3 Å². The maximum atomic E-state index is 13.6. The van der Waals surface area contributed by atoms with Crippen LogP contribution < -0.4 is 9.64 Å². The third-order valence-corrected chi connectivity index (χ3v) is 9.09. The van der Waals surface area contributed by atoms with E-state index < -0.39 is 0 Å². The minimum absolute atomic E-state index is 0.0316. The van der Waals surface area contributed by atoms with Crippen LogP contribution in [0, 0.1) is 21.3 Å². The topological polar surface area (TPSA) is 76.1 Å². The Kier molecular flexibility index (Phi) is 7.95. The molecule has 38 heavy (non-hydrogen) atoms. The number of methoxy groups -OCH3 is 1. The highest BCUT2D eigenvalue weighted by molar-refractivity contribution is 14.1. The van der Waals surface area contributed by atoms with Gasteiger partial charge in [-0.25, -0.2) is 0 Å². The van der Waals surface area contributed by atoms with E-state index >= 15 is 0 Å². The number of aromatic hydroxyl groups is 1. The van der Waals surface area contributed by atoms with E-state index in [0.29, 0.717) is 24.5 Å². The zero-order chi connectivity index (χ0) is 27.0. The van der Waals surface area contributed by atoms with Crippen molar-refractivity contribution < 1.29 is 24.2 Å². The van der Waals surface area contributed by atoms with Gasteiger partial charge in [-0.1, -0.05) is 49.3 Å². The summed E-state index contributed by atoms with van der Waals surface area (Å²) in [6, 6.07) is 13.1. The predicted octanol–water partition coefficient (Wildman–Crippen LogP) is 6.51. The summed E-state index contributed by atoms with van der Waals surface area (Å²) in [4.78, 5) is 28.4. The number of allylic oxidation sites excluding steroid dienone is 2. The summed E-state index contributed by atoms with van der Waals surface area (Å²) in [6.45, 7) is 4.78. The average Bonchev–Trinajstić information content (AvgIpc) is 3.46. The van der Waals surface area contributed by atoms with Crippen molar-refractivity contribution >= 4 is 46.2 Å². The first kappa shape index (κ1) is 26.9. The quantitative estimate of drug-likeness (QED) is 0.205. The Hall–Kier alpha value is -2.65. The number of amides is 2. The molecular formula is C31H34INO5. The number of nitrogens with zero attached hydrogens (tertiary/aromatic N) is 1. The fourth-order valence-electron chi connectivity index (χ4n) is 6.38. The van der Waals surface area contributed by atoms with E-state index in [1.54, 1.807) is 7.11 Å². The lowest BCUT2D eigenvalue weighted by Gasteiger charge is -2.31. The highest BCUT2D eigenvalue weighted by Crippen LogP contribution is 2.51. The van der Waals surface area contributed by atoms with Gasteiger partial charge in [0.2, 0.25) is 11.8 Å². The molecule has 7 heteroatoms. The van der Waals surface area contributed by atoms with E-state index in [9.17, 15) is 14.7 Å². The van der Waals surface area contributed by atoms with Gasteiger partial charge in [-0.2, -0.15) is 0 Å². The van der Waals surface area contributed by atoms with Gasteiger partial charge in [0.1, 0.15) is 0 Å². The molecule has 200 valence electrons. The van der Waals surface area contributed by atoms with E-state index in [0.717, 1.165) is 34.8 Å². The molecular weight excluding hydrogens is 593 g/mol. The van der Waals surface area contributed by atoms with Gasteiger partial charge >= 0.3 is 0 Å². The zero-order valence-corrected chi connectivity index (χ0v) is 24.2. The van der Waals surface area contributed by atoms with Crippen LogP contribution in [0.15, 0.2) is 59.2 Å². The molecule has 6 nitrogen and oxygen atoms in total. The van der Waals surface area contributed by atoms with Crippen LogP contribution >= 0.6 is 22.6 Å². The van der Waals surface area contributed by atoms with Crippen molar-refractivity contribution in [1.82, 2.24) is 0 Å². The number of carbonyl (C=O) groups is 2. The Morgan fingerprint density at radius 3 is 2.61 bits per heavy atom. The monoisotopic (exact) mass is 627 g/mol. The van der Waals surface area contributed by atoms with Crippen molar-refractivity contribution in [3.8, 4) is 11.5 Å². The largest absolute Gasteiger partial charge is 0.504 e. The zero-order valence-electron chi connectivity index (χ0n) is 22.1. The first-order valence-corrected chi connectivity index (χ1v) is 14.5. The van der Waals surface area contributed by atoms with E-state index in [2.05, 4.69) is 42.5 Å². The van der Waals surface area contributed by atoms with E-state index in [1.807, 2.05) is 42.5 Å². The predicted molar refractivity (Wildman–Crippen MR) is 156 cm³/mol. The number of fused-ring (bicyclic) bond motifs is 3. The lowest BCUT2D eigenvalue weighted by atomic mass is 9.69. The maximum absolute atomic E-state index is 13.6. The van der Waals surface area contributed by atoms with Crippen molar-refractivity contribution in [2.24, 2.45) is 17.8 Å². The molecule has 4 atom stereocenters. The van der Waals surface area contributed by atoms with Gasteiger partial charge in [0.25, 0.3) is 0 Å². The van der Waals surface area contributed by atoms with Crippen LogP contribution in [0.4, 0.5) is 5.69 Å². The van der Waals surface area contributed by atoms with E-state index in [1.165, 1.54) is 21.6 Å². The smallest absolute Gasteiger partial charge is 0.238 e. The Morgan fingerprint density at radius 2 is 1.92 bits per heavy atom. The molecule has 0 bridgehead atoms. The summed E-state index contributed by atoms with van der Waals surface area (Å²) >= 11 is 2.12. The summed E-state index contributed by atoms with van der Waals surface area (Å²) < 4.78 is 12.4. The number of hydrogen-bond donors (Lipinski definition) is 1. The summed E-state index contributed by atoms with van der Waals surface area (Å²) in [5.41, 5.74) is 5.49. The first-order chi connectivity index (χ1) is 18.4. The summed E-state index contributed by atoms with van der Waals surface area (Å²) in [5, 5.41) is 10.2. The van der Waals surface area contributed by atoms with Gasteiger partial charge in [-0.15, -0.1) is 0 Å². The number of phenolic OH excluding ortho intramolecular Hbond substituents is 1. The first-order valence-electron chi connectivity index (χ1n) is 13.4. The Bertz CT molecular complexity index is 1300. The van der Waals surface area contributed by atoms with Crippen molar-refractivity contribution in [2.75, 3.05) is 18.6 Å². The number of rotatable bonds is 8. The lowest BCUT2D eigenvalue weighted by Crippen LogP contribution is -2.34. The van der Waals surface area contributed by atoms with Crippen LogP contribution in [0.5, 0.6) is 11.5 Å². The van der Waals surface area contributed by atoms with Gasteiger partial charge in [0.05, 0.1) is 40.9 Å². The standard InChI is InChI=1S/C31H34INO5/c1-4-18(13-19-14-24(32)29(34)26(15-19)37-3)11-12-25-27-20(5-2)16-22-28(23(27)17-38-25)31(36)33(30(22)35)21-9-7-6-8-10-21/h6-10,13-15,22-23,25,28,34H,4-5,11-12,16-17H2,1-3H3/b18-13+/t22-,23+,25-,28-/m1/s1. The molecule has 1 aliphatic carbocycles. The highest BCUT2D eigenvalue weighted by atomic mass is 127. The third-order valence-electron chi connectivity index (χ3n) is 8.27. The molecule has 0 radical (unpaired) electrons. The van der Waals surface area contributed by atoms with Crippen molar-refractivity contribution in [3.05, 3.63) is 68.3 Å². The molecule has 0 spiro atoms. The summed E-state index contributed by atoms with van der Waals surface area (Å²) in [6.07, 6.45) is 6.24. The number of hydrogen-bond acceptors (Lipinski definition) is 5. The van der Waals surface area contributed by atoms with E-state index in [4.69, 9.17) is 9.47 Å². The minimum Gasteiger partial charge on any atom is -0.504 e. The number of benzene rings is 2. The molecule has 0 aromatic heterocycles. The Labute approximate surface area is 237 Å². The second-order valence-corrected chi connectivity index (χ2v) is 11.4. The number of phenols is 1. The number of para-hydroxylation sites is 1. The van der Waals surface area contributed by atoms with Gasteiger partial charge in [-0.05, 0) is 90.1 Å². The molecule has 2 aromatic rings. The van der Waals surface area contributed by atoms with E-state index in [-0.39, 0.29) is 41.4 Å². The highest BCUT2D eigenvalue weighted by Gasteiger charge is 2.57. The number of carbonyl (C=O) groups excluding carboxylic acids is 2. The molecule has 0 unspecified atom stereocenters. The lowest BCUT2D eigenvalue weighted by molar-refractivity contribution is -0.122. The molecule has 1 N–H and O–H groups in total. The van der Waals surface area contributed by atoms with Crippen molar-refractivity contribution in [2.45, 2.75) is 52.1 Å². The SMILES string of the molecule is CCC1=C2[C@@H](CC/C(=C/c3cc(I)c(O)c(OC)c3)CC)OC[C@@H]2[C@@H]2C(=O)N(c3ccccc3)C(=O)[C@@H]2C1. The fourth-order valence-corrected chi connectivity index (χ4v) is 7.00. The van der Waals surface area contributed by atoms with Crippen LogP contribution in [0.1, 0.15) is 51.5 Å². The molecule has 2 saturated heterocycles. The maximum Gasteiger partial charge on any atom is 0.238 e. The van der Waals surface area contributed by atoms with Gasteiger partial charge < -0.3 is 14.6 Å². The average molecular weight is 628 g/mol. The second kappa shape index (κ2) is 11.2. The number of halogens is 1. The molecule has 2 aliphatic heterocycles. The molecule has 2 fully saturated rings. The molecule has 2 amide bonds. The van der Waals surface area contributed by atoms with Crippen molar-refractivity contribution in [3.63, 3.8) is 0 Å². The second-order valence-electron chi connectivity index (χ2n) is 10.3. The summed E-state index contributed by atoms with van der Waals surface area (Å²) in [7, 11) is 1.56. The van der Waals surface area contributed by atoms with Crippen LogP contribution in [0.3, 0.4) is 0 Å². The molecule has 5 rings (SSSR count). The number of ether oxygens (including phenoxy) is 2. The fraction of sp³-hybridized carbons (Fsp3) is 0.419. The Morgan fingerprint density at radius 1 is 1.16 bits per heavy atom. The molecule has 2 heterocycles. The van der Waals surface area contributed by atoms with Crippen LogP contribution in [-0.4, -0.2) is 36.7 Å². The minimum atomic E-state index is -0.342. The van der Waals surface area contributed by atoms with Crippen LogP contribution in [0.2, 0.25) is 0 Å². The van der Waals surface area contributed by atoms with Crippen LogP contribution in [0.25, 0.3) is 6.08 Å². The van der Waals surface area contributed by atoms with Gasteiger partial charge in [-0.3, -0.25) is 14.5 Å². The van der Waals surface area contributed by atoms with Gasteiger partial charge in [0, 0.05) is 5.92 Å². The van der Waals surface area contributed by atoms with Crippen molar-refractivity contribution in [1.29, 1.82) is 0 Å². The Balaban J connectivity index is 1.36. The number of imide groups is 1.